The van der Waals surface area contributed by atoms with Gasteiger partial charge in [0.05, 0.1) is 13.2 Å². The number of nitrogens with one attached hydrogen (secondary N) is 2. The normalized spacial score (nSPS) is 12.4. The molecule has 0 heterocycles. The molecule has 0 radical (unpaired) electrons. The molecule has 9 heteroatoms. The lowest BCUT2D eigenvalue weighted by Crippen LogP contribution is -2.49. The Morgan fingerprint density at radius 3 is 2.28 bits per heavy atom. The van der Waals surface area contributed by atoms with Gasteiger partial charge in [0.2, 0.25) is 5.91 Å². The zero-order chi connectivity index (χ0) is 23.5. The van der Waals surface area contributed by atoms with Crippen LogP contribution in [0, 0.1) is 0 Å². The van der Waals surface area contributed by atoms with Gasteiger partial charge in [-0.3, -0.25) is 9.59 Å². The Balaban J connectivity index is 1.71. The average molecular weight is 444 g/mol. The minimum atomic E-state index is -1.17. The van der Waals surface area contributed by atoms with E-state index in [-0.39, 0.29) is 18.1 Å². The summed E-state index contributed by atoms with van der Waals surface area (Å²) in [5.41, 5.74) is 7.09. The first-order valence-corrected chi connectivity index (χ1v) is 10.3. The summed E-state index contributed by atoms with van der Waals surface area (Å²) in [6.07, 6.45) is 1.65. The van der Waals surface area contributed by atoms with Gasteiger partial charge < -0.3 is 31.3 Å². The number of unbranched alkanes of at least 4 members (excludes halogenated alkanes) is 1. The molecule has 0 saturated heterocycles. The van der Waals surface area contributed by atoms with Gasteiger partial charge in [-0.25, -0.2) is 4.79 Å². The zero-order valence-electron chi connectivity index (χ0n) is 17.9. The molecule has 6 N–H and O–H groups in total. The standard InChI is InChI=1S/C23H29N3O6/c1-32-18-11-7-16(8-12-18)21(28)25-13-3-2-4-19(24)22(29)26-20(23(30)31)14-15-5-9-17(27)10-6-15/h5-12,19-20,27H,2-4,13-14,24H2,1H3,(H,25,28)(H,26,29)(H,30,31)/t19-,20+/m1/s1. The number of aliphatic carboxylic acids is 1. The molecule has 0 aliphatic carbocycles. The molecule has 2 amide bonds. The lowest BCUT2D eigenvalue weighted by atomic mass is 10.0. The summed E-state index contributed by atoms with van der Waals surface area (Å²) in [5, 5.41) is 24.0. The maximum Gasteiger partial charge on any atom is 0.326 e. The molecule has 0 fully saturated rings. The third-order valence-corrected chi connectivity index (χ3v) is 4.91. The van der Waals surface area contributed by atoms with E-state index in [0.29, 0.717) is 42.7 Å². The molecule has 172 valence electrons. The lowest BCUT2D eigenvalue weighted by molar-refractivity contribution is -0.142. The summed E-state index contributed by atoms with van der Waals surface area (Å²) < 4.78 is 5.06. The Labute approximate surface area is 186 Å². The molecule has 2 atom stereocenters. The minimum absolute atomic E-state index is 0.0749. The Hall–Kier alpha value is -3.59. The van der Waals surface area contributed by atoms with Crippen LogP contribution in [0.4, 0.5) is 0 Å². The fourth-order valence-electron chi connectivity index (χ4n) is 3.01. The number of hydrogen-bond acceptors (Lipinski definition) is 6. The second-order valence-electron chi connectivity index (χ2n) is 7.36. The molecule has 0 spiro atoms. The first-order chi connectivity index (χ1) is 15.3. The average Bonchev–Trinajstić information content (AvgIpc) is 2.79. The second-order valence-corrected chi connectivity index (χ2v) is 7.36. The van der Waals surface area contributed by atoms with Gasteiger partial charge in [0.25, 0.3) is 5.91 Å². The van der Waals surface area contributed by atoms with Gasteiger partial charge in [-0.2, -0.15) is 0 Å². The van der Waals surface area contributed by atoms with Crippen LogP contribution >= 0.6 is 0 Å². The van der Waals surface area contributed by atoms with Crippen LogP contribution in [-0.2, 0) is 16.0 Å². The molecular formula is C23H29N3O6. The van der Waals surface area contributed by atoms with Crippen molar-refractivity contribution in [3.8, 4) is 11.5 Å². The molecule has 2 aromatic rings. The molecule has 0 unspecified atom stereocenters. The molecule has 0 aliphatic heterocycles. The summed E-state index contributed by atoms with van der Waals surface area (Å²) in [6, 6.07) is 10.9. The number of ether oxygens (including phenoxy) is 1. The van der Waals surface area contributed by atoms with Gasteiger partial charge in [0.15, 0.2) is 0 Å². The van der Waals surface area contributed by atoms with Gasteiger partial charge >= 0.3 is 5.97 Å². The van der Waals surface area contributed by atoms with Gasteiger partial charge in [0, 0.05) is 18.5 Å². The SMILES string of the molecule is COc1ccc(C(=O)NCCCC[C@@H](N)C(=O)N[C@@H](Cc2ccc(O)cc2)C(=O)O)cc1. The van der Waals surface area contributed by atoms with Gasteiger partial charge in [-0.1, -0.05) is 12.1 Å². The number of carboxylic acid groups (broad SMARTS) is 1. The Morgan fingerprint density at radius 1 is 1.03 bits per heavy atom. The Bertz CT molecular complexity index is 899. The van der Waals surface area contributed by atoms with Crippen molar-refractivity contribution in [2.45, 2.75) is 37.8 Å². The molecule has 0 bridgehead atoms. The third-order valence-electron chi connectivity index (χ3n) is 4.91. The van der Waals surface area contributed by atoms with Crippen molar-refractivity contribution in [1.82, 2.24) is 10.6 Å². The highest BCUT2D eigenvalue weighted by Crippen LogP contribution is 2.12. The zero-order valence-corrected chi connectivity index (χ0v) is 17.9. The van der Waals surface area contributed by atoms with Crippen molar-refractivity contribution in [3.63, 3.8) is 0 Å². The highest BCUT2D eigenvalue weighted by atomic mass is 16.5. The van der Waals surface area contributed by atoms with Gasteiger partial charge in [-0.05, 0) is 61.2 Å². The summed E-state index contributed by atoms with van der Waals surface area (Å²) in [6.45, 7) is 0.428. The molecule has 32 heavy (non-hydrogen) atoms. The number of phenolic OH excluding ortho intramolecular Hbond substituents is 1. The molecule has 2 aromatic carbocycles. The summed E-state index contributed by atoms with van der Waals surface area (Å²) in [4.78, 5) is 35.9. The number of methoxy groups -OCH3 is 1. The van der Waals surface area contributed by atoms with E-state index in [0.717, 1.165) is 0 Å². The van der Waals surface area contributed by atoms with Crippen LogP contribution in [0.1, 0.15) is 35.2 Å². The van der Waals surface area contributed by atoms with Crippen molar-refractivity contribution in [1.29, 1.82) is 0 Å². The number of carbonyl (C=O) groups is 3. The van der Waals surface area contributed by atoms with Crippen molar-refractivity contribution in [3.05, 3.63) is 59.7 Å². The Morgan fingerprint density at radius 2 is 1.69 bits per heavy atom. The number of rotatable bonds is 12. The molecule has 2 rings (SSSR count). The van der Waals surface area contributed by atoms with E-state index in [2.05, 4.69) is 10.6 Å². The van der Waals surface area contributed by atoms with Gasteiger partial charge in [-0.15, -0.1) is 0 Å². The molecule has 9 nitrogen and oxygen atoms in total. The fraction of sp³-hybridized carbons (Fsp3) is 0.348. The Kier molecular flexibility index (Phi) is 9.49. The van der Waals surface area contributed by atoms with E-state index in [1.165, 1.54) is 12.1 Å². The number of nitrogens with two attached hydrogens (primary N) is 1. The van der Waals surface area contributed by atoms with Crippen LogP contribution in [0.5, 0.6) is 11.5 Å². The monoisotopic (exact) mass is 443 g/mol. The van der Waals surface area contributed by atoms with E-state index in [1.807, 2.05) is 0 Å². The van der Waals surface area contributed by atoms with Crippen LogP contribution in [0.25, 0.3) is 0 Å². The van der Waals surface area contributed by atoms with Crippen molar-refractivity contribution < 1.29 is 29.3 Å². The quantitative estimate of drug-likeness (QED) is 0.311. The first-order valence-electron chi connectivity index (χ1n) is 10.3. The highest BCUT2D eigenvalue weighted by Gasteiger charge is 2.23. The van der Waals surface area contributed by atoms with Crippen LogP contribution in [0.15, 0.2) is 48.5 Å². The number of carboxylic acids is 1. The van der Waals surface area contributed by atoms with Crippen molar-refractivity contribution in [2.75, 3.05) is 13.7 Å². The van der Waals surface area contributed by atoms with E-state index in [4.69, 9.17) is 10.5 Å². The predicted octanol–water partition coefficient (Wildman–Crippen LogP) is 1.44. The highest BCUT2D eigenvalue weighted by molar-refractivity contribution is 5.94. The first kappa shape index (κ1) is 24.7. The van der Waals surface area contributed by atoms with Gasteiger partial charge in [0.1, 0.15) is 17.5 Å². The van der Waals surface area contributed by atoms with Crippen molar-refractivity contribution >= 4 is 17.8 Å². The topological polar surface area (TPSA) is 151 Å². The number of hydrogen-bond donors (Lipinski definition) is 5. The summed E-state index contributed by atoms with van der Waals surface area (Å²) in [7, 11) is 1.55. The minimum Gasteiger partial charge on any atom is -0.508 e. The second kappa shape index (κ2) is 12.3. The lowest BCUT2D eigenvalue weighted by Gasteiger charge is -2.18. The van der Waals surface area contributed by atoms with E-state index >= 15 is 0 Å². The third kappa shape index (κ3) is 7.92. The van der Waals surface area contributed by atoms with E-state index < -0.39 is 24.0 Å². The van der Waals surface area contributed by atoms with Crippen molar-refractivity contribution in [2.24, 2.45) is 5.73 Å². The smallest absolute Gasteiger partial charge is 0.326 e. The largest absolute Gasteiger partial charge is 0.508 e. The fourth-order valence-corrected chi connectivity index (χ4v) is 3.01. The van der Waals surface area contributed by atoms with Crippen LogP contribution in [0.3, 0.4) is 0 Å². The summed E-state index contributed by atoms with van der Waals surface area (Å²) >= 11 is 0. The number of aromatic hydroxyl groups is 1. The number of carbonyl (C=O) groups excluding carboxylic acids is 2. The van der Waals surface area contributed by atoms with Crippen LogP contribution in [0.2, 0.25) is 0 Å². The summed E-state index contributed by atoms with van der Waals surface area (Å²) in [5.74, 6) is -1.17. The van der Waals surface area contributed by atoms with Crippen LogP contribution < -0.4 is 21.1 Å². The van der Waals surface area contributed by atoms with E-state index in [1.54, 1.807) is 43.5 Å². The number of benzene rings is 2. The number of amides is 2. The predicted molar refractivity (Wildman–Crippen MR) is 119 cm³/mol. The van der Waals surface area contributed by atoms with Crippen LogP contribution in [-0.4, -0.2) is 53.7 Å². The molecular weight excluding hydrogens is 414 g/mol. The maximum atomic E-state index is 12.3. The van der Waals surface area contributed by atoms with E-state index in [9.17, 15) is 24.6 Å². The number of phenols is 1. The molecule has 0 saturated carbocycles. The molecule has 0 aromatic heterocycles. The molecule has 0 aliphatic rings. The maximum absolute atomic E-state index is 12.3.